The Morgan fingerprint density at radius 1 is 0.369 bits per heavy atom. The lowest BCUT2D eigenvalue weighted by Gasteiger charge is -2.26. The van der Waals surface area contributed by atoms with Crippen molar-refractivity contribution in [3.63, 3.8) is 0 Å². The van der Waals surface area contributed by atoms with Gasteiger partial charge < -0.3 is 20.6 Å². The van der Waals surface area contributed by atoms with E-state index in [0.29, 0.717) is 12.8 Å². The lowest BCUT2D eigenvalue weighted by atomic mass is 10.0. The Morgan fingerprint density at radius 3 is 0.892 bits per heavy atom. The maximum Gasteiger partial charge on any atom is 0.220 e. The normalized spacial score (nSPS) is 13.2. The number of hydrogen-bond acceptors (Lipinski definition) is 4. The molecule has 0 saturated heterocycles. The molecule has 0 spiro atoms. The van der Waals surface area contributed by atoms with E-state index in [1.54, 1.807) is 0 Å². The Kier molecular flexibility index (Phi) is 54.9. The third-order valence-corrected chi connectivity index (χ3v) is 14.4. The monoisotopic (exact) mass is 918 g/mol. The van der Waals surface area contributed by atoms with Crippen LogP contribution in [0, 0.1) is 0 Å². The summed E-state index contributed by atoms with van der Waals surface area (Å²) >= 11 is 0. The first-order valence-electron chi connectivity index (χ1n) is 30.0. The molecule has 65 heavy (non-hydrogen) atoms. The van der Waals surface area contributed by atoms with E-state index in [4.69, 9.17) is 0 Å². The predicted octanol–water partition coefficient (Wildman–Crippen LogP) is 18.7. The third kappa shape index (κ3) is 50.8. The molecule has 0 heterocycles. The summed E-state index contributed by atoms with van der Waals surface area (Å²) in [5, 5.41) is 33.8. The van der Waals surface area contributed by atoms with Crippen LogP contribution < -0.4 is 5.32 Å². The number of amides is 1. The van der Waals surface area contributed by atoms with Crippen molar-refractivity contribution < 1.29 is 20.1 Å². The zero-order chi connectivity index (χ0) is 47.2. The van der Waals surface area contributed by atoms with Gasteiger partial charge in [-0.1, -0.05) is 309 Å². The first kappa shape index (κ1) is 64.1. The molecule has 0 aromatic rings. The topological polar surface area (TPSA) is 89.8 Å². The fraction of sp³-hybridized carbons (Fsp3) is 0.950. The fourth-order valence-electron chi connectivity index (χ4n) is 9.76. The molecule has 3 unspecified atom stereocenters. The van der Waals surface area contributed by atoms with Crippen LogP contribution in [0.15, 0.2) is 12.2 Å². The number of aliphatic hydroxyl groups excluding tert-OH is 3. The zero-order valence-corrected chi connectivity index (χ0v) is 44.4. The van der Waals surface area contributed by atoms with E-state index >= 15 is 0 Å². The van der Waals surface area contributed by atoms with Crippen LogP contribution in [0.2, 0.25) is 0 Å². The van der Waals surface area contributed by atoms with Crippen molar-refractivity contribution in [2.24, 2.45) is 0 Å². The average Bonchev–Trinajstić information content (AvgIpc) is 3.31. The number of aliphatic hydroxyl groups is 3. The minimum absolute atomic E-state index is 0.146. The quantitative estimate of drug-likeness (QED) is 0.0361. The van der Waals surface area contributed by atoms with Crippen LogP contribution in [0.25, 0.3) is 0 Å². The van der Waals surface area contributed by atoms with Gasteiger partial charge in [-0.15, -0.1) is 0 Å². The first-order chi connectivity index (χ1) is 32.1. The fourth-order valence-corrected chi connectivity index (χ4v) is 9.76. The molecule has 0 aliphatic carbocycles. The molecular formula is C60H119NO4. The molecule has 0 aromatic heterocycles. The molecule has 0 fully saturated rings. The third-order valence-electron chi connectivity index (χ3n) is 14.4. The number of nitrogens with one attached hydrogen (secondary N) is 1. The molecule has 0 rings (SSSR count). The molecule has 0 radical (unpaired) electrons. The molecule has 5 nitrogen and oxygen atoms in total. The molecule has 0 saturated carbocycles. The summed E-state index contributed by atoms with van der Waals surface area (Å²) in [6.45, 7) is 4.22. The van der Waals surface area contributed by atoms with Crippen LogP contribution in [-0.4, -0.2) is 46.1 Å². The number of unbranched alkanes of at least 4 members (excludes halogenated alkanes) is 46. The van der Waals surface area contributed by atoms with Gasteiger partial charge in [0.25, 0.3) is 0 Å². The highest BCUT2D eigenvalue weighted by Crippen LogP contribution is 2.18. The van der Waals surface area contributed by atoms with Crippen molar-refractivity contribution in [3.8, 4) is 0 Å². The second-order valence-electron chi connectivity index (χ2n) is 20.9. The Hall–Kier alpha value is -0.910. The highest BCUT2D eigenvalue weighted by molar-refractivity contribution is 5.76. The van der Waals surface area contributed by atoms with Gasteiger partial charge in [0.05, 0.1) is 18.8 Å². The van der Waals surface area contributed by atoms with Crippen LogP contribution >= 0.6 is 0 Å². The summed E-state index contributed by atoms with van der Waals surface area (Å²) in [4.78, 5) is 12.5. The molecule has 0 aliphatic heterocycles. The number of hydrogen-bond donors (Lipinski definition) is 4. The van der Waals surface area contributed by atoms with Crippen molar-refractivity contribution in [1.29, 1.82) is 0 Å². The summed E-state index contributed by atoms with van der Waals surface area (Å²) in [5.41, 5.74) is 0. The maximum absolute atomic E-state index is 12.5. The predicted molar refractivity (Wildman–Crippen MR) is 287 cm³/mol. The van der Waals surface area contributed by atoms with Gasteiger partial charge in [-0.3, -0.25) is 4.79 Å². The maximum atomic E-state index is 12.5. The highest BCUT2D eigenvalue weighted by atomic mass is 16.3. The molecular weight excluding hydrogens is 799 g/mol. The number of allylic oxidation sites excluding steroid dienone is 2. The Labute approximate surface area is 408 Å². The zero-order valence-electron chi connectivity index (χ0n) is 44.4. The van der Waals surface area contributed by atoms with E-state index in [9.17, 15) is 20.1 Å². The van der Waals surface area contributed by atoms with E-state index in [-0.39, 0.29) is 12.5 Å². The second-order valence-corrected chi connectivity index (χ2v) is 20.9. The Morgan fingerprint density at radius 2 is 0.615 bits per heavy atom. The van der Waals surface area contributed by atoms with Crippen LogP contribution in [0.1, 0.15) is 341 Å². The smallest absolute Gasteiger partial charge is 0.220 e. The van der Waals surface area contributed by atoms with Crippen LogP contribution in [0.3, 0.4) is 0 Å². The standard InChI is InChI=1S/C60H119NO4/c1-3-5-7-9-11-13-15-17-19-21-23-25-27-28-29-30-31-33-35-37-39-41-43-45-47-49-51-53-55-59(64)61-57(56-62)60(65)58(63)54-52-50-48-46-44-42-40-38-36-34-32-26-24-22-20-18-16-14-12-10-8-6-4-2/h46,48,57-58,60,62-63,65H,3-45,47,49-56H2,1-2H3,(H,61,64)/b48-46+. The molecule has 388 valence electrons. The second kappa shape index (κ2) is 55.7. The number of carbonyl (C=O) groups is 1. The summed E-state index contributed by atoms with van der Waals surface area (Å²) in [6, 6.07) is -0.823. The summed E-state index contributed by atoms with van der Waals surface area (Å²) in [5.74, 6) is -0.146. The van der Waals surface area contributed by atoms with Gasteiger partial charge in [-0.2, -0.15) is 0 Å². The van der Waals surface area contributed by atoms with E-state index < -0.39 is 18.2 Å². The lowest BCUT2D eigenvalue weighted by Crippen LogP contribution is -2.50. The SMILES string of the molecule is CCCCCCCCCCCCCCCCCCCC/C=C/CCCC(O)C(O)C(CO)NC(=O)CCCCCCCCCCCCCCCCCCCCCCCCCCCCCC. The van der Waals surface area contributed by atoms with Gasteiger partial charge >= 0.3 is 0 Å². The van der Waals surface area contributed by atoms with Gasteiger partial charge in [0.15, 0.2) is 0 Å². The average molecular weight is 919 g/mol. The number of rotatable bonds is 56. The molecule has 1 amide bonds. The van der Waals surface area contributed by atoms with Crippen molar-refractivity contribution in [2.75, 3.05) is 6.61 Å². The van der Waals surface area contributed by atoms with Gasteiger partial charge in [-0.25, -0.2) is 0 Å². The van der Waals surface area contributed by atoms with Crippen molar-refractivity contribution in [2.45, 2.75) is 360 Å². The van der Waals surface area contributed by atoms with Gasteiger partial charge in [0.1, 0.15) is 6.10 Å². The number of carbonyl (C=O) groups excluding carboxylic acids is 1. The summed E-state index contributed by atoms with van der Waals surface area (Å²) < 4.78 is 0. The molecule has 5 heteroatoms. The van der Waals surface area contributed by atoms with Gasteiger partial charge in [-0.05, 0) is 38.5 Å². The van der Waals surface area contributed by atoms with Crippen molar-refractivity contribution >= 4 is 5.91 Å². The first-order valence-corrected chi connectivity index (χ1v) is 30.0. The van der Waals surface area contributed by atoms with Crippen LogP contribution in [0.4, 0.5) is 0 Å². The molecule has 3 atom stereocenters. The molecule has 4 N–H and O–H groups in total. The van der Waals surface area contributed by atoms with E-state index in [1.165, 1.54) is 276 Å². The van der Waals surface area contributed by atoms with Crippen LogP contribution in [0.5, 0.6) is 0 Å². The Bertz CT molecular complexity index is 925. The van der Waals surface area contributed by atoms with Gasteiger partial charge in [0, 0.05) is 6.42 Å². The molecule has 0 aromatic carbocycles. The lowest BCUT2D eigenvalue weighted by molar-refractivity contribution is -0.124. The van der Waals surface area contributed by atoms with Gasteiger partial charge in [0.2, 0.25) is 5.91 Å². The summed E-state index contributed by atoms with van der Waals surface area (Å²) in [7, 11) is 0. The van der Waals surface area contributed by atoms with E-state index in [0.717, 1.165) is 38.5 Å². The molecule has 0 bridgehead atoms. The highest BCUT2D eigenvalue weighted by Gasteiger charge is 2.26. The Balaban J connectivity index is 3.51. The van der Waals surface area contributed by atoms with E-state index in [2.05, 4.69) is 31.3 Å². The largest absolute Gasteiger partial charge is 0.394 e. The van der Waals surface area contributed by atoms with Crippen molar-refractivity contribution in [3.05, 3.63) is 12.2 Å². The van der Waals surface area contributed by atoms with Crippen LogP contribution in [-0.2, 0) is 4.79 Å². The summed E-state index contributed by atoms with van der Waals surface area (Å²) in [6.07, 6.45) is 69.6. The minimum Gasteiger partial charge on any atom is -0.394 e. The minimum atomic E-state index is -1.16. The van der Waals surface area contributed by atoms with E-state index in [1.807, 2.05) is 0 Å². The van der Waals surface area contributed by atoms with Crippen molar-refractivity contribution in [1.82, 2.24) is 5.32 Å². The molecule has 0 aliphatic rings.